The van der Waals surface area contributed by atoms with E-state index in [2.05, 4.69) is 9.71 Å². The number of hydrogen-bond donors (Lipinski definition) is 1. The fourth-order valence-electron chi connectivity index (χ4n) is 1.52. The summed E-state index contributed by atoms with van der Waals surface area (Å²) >= 11 is 17.6. The topological polar surface area (TPSA) is 82.8 Å². The first kappa shape index (κ1) is 15.9. The molecule has 0 fully saturated rings. The van der Waals surface area contributed by atoms with Gasteiger partial charge in [-0.25, -0.2) is 13.4 Å². The van der Waals surface area contributed by atoms with Crippen LogP contribution in [0.5, 0.6) is 0 Å². The van der Waals surface area contributed by atoms with Crippen molar-refractivity contribution in [2.45, 2.75) is 4.90 Å². The number of nitrogens with zero attached hydrogens (tertiary/aromatic N) is 2. The monoisotopic (exact) mass is 361 g/mol. The Morgan fingerprint density at radius 2 is 1.81 bits per heavy atom. The number of pyridine rings is 1. The molecule has 0 amide bonds. The summed E-state index contributed by atoms with van der Waals surface area (Å²) in [6.07, 6.45) is 1.32. The molecule has 9 heteroatoms. The molecule has 1 heterocycles. The third kappa shape index (κ3) is 3.39. The maximum absolute atomic E-state index is 12.3. The van der Waals surface area contributed by atoms with Crippen molar-refractivity contribution in [1.82, 2.24) is 4.98 Å². The summed E-state index contributed by atoms with van der Waals surface area (Å²) in [5.41, 5.74) is -0.248. The van der Waals surface area contributed by atoms with Crippen LogP contribution in [0.25, 0.3) is 0 Å². The van der Waals surface area contributed by atoms with Gasteiger partial charge in [-0.2, -0.15) is 5.26 Å². The van der Waals surface area contributed by atoms with Crippen molar-refractivity contribution in [1.29, 1.82) is 5.26 Å². The third-order valence-corrected chi connectivity index (χ3v) is 4.61. The highest BCUT2D eigenvalue weighted by molar-refractivity contribution is 7.92. The summed E-state index contributed by atoms with van der Waals surface area (Å²) < 4.78 is 26.9. The molecule has 0 spiro atoms. The molecule has 21 heavy (non-hydrogen) atoms. The van der Waals surface area contributed by atoms with Gasteiger partial charge in [-0.3, -0.25) is 4.72 Å². The van der Waals surface area contributed by atoms with Crippen molar-refractivity contribution in [3.8, 4) is 6.07 Å². The van der Waals surface area contributed by atoms with Gasteiger partial charge in [0.15, 0.2) is 5.69 Å². The minimum atomic E-state index is -4.06. The quantitative estimate of drug-likeness (QED) is 0.902. The molecule has 2 rings (SSSR count). The van der Waals surface area contributed by atoms with E-state index in [4.69, 9.17) is 40.1 Å². The van der Waals surface area contributed by atoms with Gasteiger partial charge < -0.3 is 0 Å². The minimum Gasteiger partial charge on any atom is -0.277 e. The summed E-state index contributed by atoms with van der Waals surface area (Å²) in [5, 5.41) is 9.27. The minimum absolute atomic E-state index is 0.0181. The highest BCUT2D eigenvalue weighted by Crippen LogP contribution is 2.35. The average Bonchev–Trinajstić information content (AvgIpc) is 2.43. The molecule has 0 aliphatic carbocycles. The smallest absolute Gasteiger partial charge is 0.264 e. The molecule has 0 aliphatic rings. The van der Waals surface area contributed by atoms with E-state index in [-0.39, 0.29) is 31.3 Å². The molecule has 0 radical (unpaired) electrons. The number of anilines is 1. The number of halogens is 3. The third-order valence-electron chi connectivity index (χ3n) is 2.41. The number of hydrogen-bond acceptors (Lipinski definition) is 4. The molecule has 1 aromatic carbocycles. The van der Waals surface area contributed by atoms with Crippen molar-refractivity contribution in [3.05, 3.63) is 51.2 Å². The Kier molecular flexibility index (Phi) is 4.59. The van der Waals surface area contributed by atoms with Gasteiger partial charge in [-0.15, -0.1) is 0 Å². The number of rotatable bonds is 3. The van der Waals surface area contributed by atoms with E-state index in [0.717, 1.165) is 0 Å². The first-order chi connectivity index (χ1) is 9.85. The second-order valence-corrected chi connectivity index (χ2v) is 6.71. The van der Waals surface area contributed by atoms with E-state index in [1.807, 2.05) is 0 Å². The molecule has 0 bridgehead atoms. The van der Waals surface area contributed by atoms with Gasteiger partial charge in [0.05, 0.1) is 15.7 Å². The van der Waals surface area contributed by atoms with Crippen molar-refractivity contribution in [3.63, 3.8) is 0 Å². The van der Waals surface area contributed by atoms with E-state index in [1.165, 1.54) is 30.5 Å². The van der Waals surface area contributed by atoms with Crippen molar-refractivity contribution in [2.24, 2.45) is 0 Å². The van der Waals surface area contributed by atoms with Gasteiger partial charge in [0.1, 0.15) is 11.0 Å². The summed E-state index contributed by atoms with van der Waals surface area (Å²) in [4.78, 5) is 3.43. The predicted molar refractivity (Wildman–Crippen MR) is 81.2 cm³/mol. The van der Waals surface area contributed by atoms with Gasteiger partial charge in [-0.05, 0) is 24.3 Å². The number of benzene rings is 1. The zero-order chi connectivity index (χ0) is 15.6. The summed E-state index contributed by atoms with van der Waals surface area (Å²) in [5.74, 6) is 0. The highest BCUT2D eigenvalue weighted by Gasteiger charge is 2.22. The molecule has 1 N–H and O–H groups in total. The van der Waals surface area contributed by atoms with Gasteiger partial charge in [0.25, 0.3) is 10.0 Å². The van der Waals surface area contributed by atoms with Crippen LogP contribution in [0.3, 0.4) is 0 Å². The summed E-state index contributed by atoms with van der Waals surface area (Å²) in [6.45, 7) is 0. The molecular formula is C12H6Cl3N3O2S. The largest absolute Gasteiger partial charge is 0.277 e. The van der Waals surface area contributed by atoms with Crippen LogP contribution in [0, 0.1) is 11.3 Å². The average molecular weight is 363 g/mol. The number of aromatic nitrogens is 1. The molecule has 0 saturated carbocycles. The summed E-state index contributed by atoms with van der Waals surface area (Å²) in [7, 11) is -4.06. The SMILES string of the molecule is N#Cc1ncccc1S(=O)(=O)Nc1c(Cl)cc(Cl)cc1Cl. The molecule has 2 aromatic rings. The Morgan fingerprint density at radius 1 is 1.19 bits per heavy atom. The van der Waals surface area contributed by atoms with Crippen molar-refractivity contribution >= 4 is 50.5 Å². The maximum atomic E-state index is 12.3. The molecule has 108 valence electrons. The van der Waals surface area contributed by atoms with Crippen molar-refractivity contribution in [2.75, 3.05) is 4.72 Å². The fraction of sp³-hybridized carbons (Fsp3) is 0. The Labute approximate surface area is 136 Å². The van der Waals surface area contributed by atoms with Crippen LogP contribution in [0.1, 0.15) is 5.69 Å². The Balaban J connectivity index is 2.51. The Morgan fingerprint density at radius 3 is 2.38 bits per heavy atom. The lowest BCUT2D eigenvalue weighted by Crippen LogP contribution is -2.15. The second kappa shape index (κ2) is 6.08. The van der Waals surface area contributed by atoms with Crippen LogP contribution in [0.4, 0.5) is 5.69 Å². The van der Waals surface area contributed by atoms with Crippen LogP contribution in [0.15, 0.2) is 35.4 Å². The number of nitrogens with one attached hydrogen (secondary N) is 1. The predicted octanol–water partition coefficient (Wildman–Crippen LogP) is 3.71. The first-order valence-electron chi connectivity index (χ1n) is 5.37. The van der Waals surface area contributed by atoms with E-state index >= 15 is 0 Å². The second-order valence-electron chi connectivity index (χ2n) is 3.81. The Hall–Kier alpha value is -1.52. The zero-order valence-corrected chi connectivity index (χ0v) is 13.2. The van der Waals surface area contributed by atoms with Gasteiger partial charge in [0, 0.05) is 11.2 Å². The summed E-state index contributed by atoms with van der Waals surface area (Å²) in [6, 6.07) is 7.06. The van der Waals surface area contributed by atoms with Crippen molar-refractivity contribution < 1.29 is 8.42 Å². The number of nitriles is 1. The van der Waals surface area contributed by atoms with Crippen LogP contribution in [-0.4, -0.2) is 13.4 Å². The first-order valence-corrected chi connectivity index (χ1v) is 7.99. The molecule has 5 nitrogen and oxygen atoms in total. The molecule has 0 atom stereocenters. The highest BCUT2D eigenvalue weighted by atomic mass is 35.5. The van der Waals surface area contributed by atoms with Gasteiger partial charge in [0.2, 0.25) is 0 Å². The van der Waals surface area contributed by atoms with E-state index in [9.17, 15) is 8.42 Å². The molecule has 1 aromatic heterocycles. The van der Waals surface area contributed by atoms with E-state index in [0.29, 0.717) is 0 Å². The molecule has 0 unspecified atom stereocenters. The zero-order valence-electron chi connectivity index (χ0n) is 10.1. The molecule has 0 aliphatic heterocycles. The van der Waals surface area contributed by atoms with Gasteiger partial charge >= 0.3 is 0 Å². The van der Waals surface area contributed by atoms with Crippen LogP contribution >= 0.6 is 34.8 Å². The van der Waals surface area contributed by atoms with Crippen LogP contribution in [-0.2, 0) is 10.0 Å². The lowest BCUT2D eigenvalue weighted by Gasteiger charge is -2.12. The van der Waals surface area contributed by atoms with Crippen LogP contribution in [0.2, 0.25) is 15.1 Å². The standard InChI is InChI=1S/C12H6Cl3N3O2S/c13-7-4-8(14)12(9(15)5-7)18-21(19,20)11-2-1-3-17-10(11)6-16/h1-5,18H. The van der Waals surface area contributed by atoms with E-state index in [1.54, 1.807) is 6.07 Å². The fourth-order valence-corrected chi connectivity index (χ4v) is 3.75. The molecular weight excluding hydrogens is 357 g/mol. The lowest BCUT2D eigenvalue weighted by atomic mass is 10.3. The van der Waals surface area contributed by atoms with E-state index < -0.39 is 10.0 Å². The van der Waals surface area contributed by atoms with Crippen LogP contribution < -0.4 is 4.72 Å². The van der Waals surface area contributed by atoms with Gasteiger partial charge in [-0.1, -0.05) is 34.8 Å². The normalized spacial score (nSPS) is 11.0. The maximum Gasteiger partial charge on any atom is 0.264 e. The lowest BCUT2D eigenvalue weighted by molar-refractivity contribution is 0.600. The molecule has 0 saturated heterocycles. The number of sulfonamides is 1. The Bertz CT molecular complexity index is 824.